The molecule has 0 radical (unpaired) electrons. The van der Waals surface area contributed by atoms with Gasteiger partial charge in [0.15, 0.2) is 0 Å². The molecule has 1 saturated heterocycles. The number of allylic oxidation sites excluding steroid dienone is 1. The highest BCUT2D eigenvalue weighted by molar-refractivity contribution is 6.32. The van der Waals surface area contributed by atoms with Crippen LogP contribution in [0.4, 0.5) is 19.0 Å². The van der Waals surface area contributed by atoms with Gasteiger partial charge in [0.2, 0.25) is 5.91 Å². The van der Waals surface area contributed by atoms with Crippen molar-refractivity contribution in [3.63, 3.8) is 0 Å². The quantitative estimate of drug-likeness (QED) is 0.749. The lowest BCUT2D eigenvalue weighted by Crippen LogP contribution is -2.49. The van der Waals surface area contributed by atoms with E-state index in [1.807, 2.05) is 4.90 Å². The summed E-state index contributed by atoms with van der Waals surface area (Å²) in [4.78, 5) is 19.3. The fourth-order valence-corrected chi connectivity index (χ4v) is 2.72. The monoisotopic (exact) mass is 372 g/mol. The van der Waals surface area contributed by atoms with Gasteiger partial charge in [-0.2, -0.15) is 18.4 Å². The molecule has 0 unspecified atom stereocenters. The molecule has 0 aliphatic carbocycles. The summed E-state index contributed by atoms with van der Waals surface area (Å²) in [7, 11) is 0. The predicted molar refractivity (Wildman–Crippen MR) is 87.4 cm³/mol. The molecular weight excluding hydrogens is 357 g/mol. The van der Waals surface area contributed by atoms with Crippen molar-refractivity contribution in [3.05, 3.63) is 34.0 Å². The fraction of sp³-hybridized carbons (Fsp3) is 0.438. The Kier molecular flexibility index (Phi) is 5.58. The molecule has 2 heterocycles. The second-order valence-corrected chi connectivity index (χ2v) is 6.01. The van der Waals surface area contributed by atoms with Crippen molar-refractivity contribution < 1.29 is 18.0 Å². The molecule has 1 aliphatic heterocycles. The van der Waals surface area contributed by atoms with Gasteiger partial charge in [-0.25, -0.2) is 4.98 Å². The second kappa shape index (κ2) is 7.31. The number of anilines is 1. The maximum absolute atomic E-state index is 12.1. The number of alkyl halides is 3. The van der Waals surface area contributed by atoms with Crippen LogP contribution >= 0.6 is 11.6 Å². The molecule has 0 atom stereocenters. The van der Waals surface area contributed by atoms with Crippen molar-refractivity contribution in [1.29, 1.82) is 5.26 Å². The fourth-order valence-electron chi connectivity index (χ4n) is 2.59. The molecule has 25 heavy (non-hydrogen) atoms. The van der Waals surface area contributed by atoms with E-state index in [4.69, 9.17) is 11.6 Å². The van der Waals surface area contributed by atoms with E-state index < -0.39 is 12.1 Å². The van der Waals surface area contributed by atoms with Gasteiger partial charge >= 0.3 is 6.18 Å². The lowest BCUT2D eigenvalue weighted by atomic mass is 10.1. The average Bonchev–Trinajstić information content (AvgIpc) is 2.57. The van der Waals surface area contributed by atoms with Crippen LogP contribution in [0.15, 0.2) is 12.2 Å². The molecule has 1 aliphatic rings. The van der Waals surface area contributed by atoms with Gasteiger partial charge in [0.25, 0.3) is 0 Å². The molecule has 5 nitrogen and oxygen atoms in total. The van der Waals surface area contributed by atoms with Gasteiger partial charge in [0, 0.05) is 38.3 Å². The number of hydrogen-bond acceptors (Lipinski definition) is 4. The van der Waals surface area contributed by atoms with Gasteiger partial charge < -0.3 is 9.80 Å². The van der Waals surface area contributed by atoms with Gasteiger partial charge in [0.05, 0.1) is 16.3 Å². The van der Waals surface area contributed by atoms with Crippen LogP contribution in [0, 0.1) is 25.2 Å². The van der Waals surface area contributed by atoms with E-state index in [1.54, 1.807) is 13.8 Å². The van der Waals surface area contributed by atoms with Crippen LogP contribution in [-0.4, -0.2) is 48.1 Å². The molecule has 9 heteroatoms. The average molecular weight is 373 g/mol. The summed E-state index contributed by atoms with van der Waals surface area (Å²) in [6, 6.07) is 2.09. The molecular formula is C16H16ClF3N4O. The van der Waals surface area contributed by atoms with Crippen LogP contribution in [0.5, 0.6) is 0 Å². The van der Waals surface area contributed by atoms with Crippen molar-refractivity contribution in [2.24, 2.45) is 0 Å². The van der Waals surface area contributed by atoms with Crippen molar-refractivity contribution in [2.45, 2.75) is 20.0 Å². The largest absolute Gasteiger partial charge is 0.409 e. The minimum atomic E-state index is -4.51. The summed E-state index contributed by atoms with van der Waals surface area (Å²) in [6.45, 7) is 4.70. The van der Waals surface area contributed by atoms with Crippen LogP contribution in [0.1, 0.15) is 16.8 Å². The van der Waals surface area contributed by atoms with Crippen molar-refractivity contribution in [3.8, 4) is 6.07 Å². The maximum Gasteiger partial charge on any atom is 0.409 e. The highest BCUT2D eigenvalue weighted by atomic mass is 35.5. The molecule has 1 fully saturated rings. The van der Waals surface area contributed by atoms with Crippen LogP contribution in [0.3, 0.4) is 0 Å². The SMILES string of the molecule is Cc1nc(N2CCN(C(=O)C=CC(F)(F)F)CC2)c(C#N)c(C)c1Cl. The maximum atomic E-state index is 12.1. The van der Waals surface area contributed by atoms with E-state index in [-0.39, 0.29) is 19.2 Å². The molecule has 1 amide bonds. The number of aromatic nitrogens is 1. The Morgan fingerprint density at radius 2 is 1.88 bits per heavy atom. The predicted octanol–water partition coefficient (Wildman–Crippen LogP) is 2.99. The van der Waals surface area contributed by atoms with Crippen LogP contribution < -0.4 is 4.90 Å². The number of nitriles is 1. The van der Waals surface area contributed by atoms with Gasteiger partial charge in [-0.3, -0.25) is 4.79 Å². The van der Waals surface area contributed by atoms with E-state index >= 15 is 0 Å². The van der Waals surface area contributed by atoms with Gasteiger partial charge in [0.1, 0.15) is 11.9 Å². The van der Waals surface area contributed by atoms with Crippen molar-refractivity contribution >= 4 is 23.3 Å². The number of carbonyl (C=O) groups is 1. The first-order chi connectivity index (χ1) is 11.6. The third-order valence-electron chi connectivity index (χ3n) is 3.94. The minimum absolute atomic E-state index is 0.0665. The Balaban J connectivity index is 2.12. The van der Waals surface area contributed by atoms with Gasteiger partial charge in [-0.15, -0.1) is 0 Å². The lowest BCUT2D eigenvalue weighted by Gasteiger charge is -2.35. The summed E-state index contributed by atoms with van der Waals surface area (Å²) < 4.78 is 36.4. The summed E-state index contributed by atoms with van der Waals surface area (Å²) >= 11 is 6.12. The number of hydrogen-bond donors (Lipinski definition) is 0. The number of rotatable bonds is 2. The molecule has 2 rings (SSSR count). The number of aryl methyl sites for hydroxylation is 1. The van der Waals surface area contributed by atoms with Gasteiger partial charge in [-0.1, -0.05) is 11.6 Å². The Labute approximate surface area is 148 Å². The molecule has 0 bridgehead atoms. The summed E-state index contributed by atoms with van der Waals surface area (Å²) in [5, 5.41) is 9.81. The van der Waals surface area contributed by atoms with E-state index in [2.05, 4.69) is 11.1 Å². The topological polar surface area (TPSA) is 60.2 Å². The zero-order valence-corrected chi connectivity index (χ0v) is 14.4. The van der Waals surface area contributed by atoms with Crippen molar-refractivity contribution in [2.75, 3.05) is 31.1 Å². The zero-order chi connectivity index (χ0) is 18.8. The highest BCUT2D eigenvalue weighted by Gasteiger charge is 2.26. The number of halogens is 4. The van der Waals surface area contributed by atoms with E-state index in [1.165, 1.54) is 4.90 Å². The number of pyridine rings is 1. The van der Waals surface area contributed by atoms with E-state index in [0.29, 0.717) is 46.8 Å². The summed E-state index contributed by atoms with van der Waals surface area (Å²) in [6.07, 6.45) is -4.05. The van der Waals surface area contributed by atoms with Crippen LogP contribution in [-0.2, 0) is 4.79 Å². The first-order valence-corrected chi connectivity index (χ1v) is 7.88. The summed E-state index contributed by atoms with van der Waals surface area (Å²) in [5.41, 5.74) is 1.60. The number of amides is 1. The summed E-state index contributed by atoms with van der Waals surface area (Å²) in [5.74, 6) is -0.200. The van der Waals surface area contributed by atoms with Crippen molar-refractivity contribution in [1.82, 2.24) is 9.88 Å². The second-order valence-electron chi connectivity index (χ2n) is 5.63. The Hall–Kier alpha value is -2.27. The van der Waals surface area contributed by atoms with E-state index in [9.17, 15) is 23.2 Å². The number of piperazine rings is 1. The highest BCUT2D eigenvalue weighted by Crippen LogP contribution is 2.29. The molecule has 1 aromatic rings. The normalized spacial score (nSPS) is 15.6. The number of carbonyl (C=O) groups excluding carboxylic acids is 1. The molecule has 0 aromatic carbocycles. The molecule has 0 spiro atoms. The molecule has 1 aromatic heterocycles. The smallest absolute Gasteiger partial charge is 0.352 e. The number of nitrogens with zero attached hydrogens (tertiary/aromatic N) is 4. The van der Waals surface area contributed by atoms with Gasteiger partial charge in [-0.05, 0) is 19.4 Å². The standard InChI is InChI=1S/C16H16ClF3N4O/c1-10-12(9-21)15(22-11(2)14(10)17)24-7-5-23(6-8-24)13(25)3-4-16(18,19)20/h3-4H,5-8H2,1-2H3. The Morgan fingerprint density at radius 1 is 1.28 bits per heavy atom. The first-order valence-electron chi connectivity index (χ1n) is 7.50. The molecule has 0 N–H and O–H groups in total. The lowest BCUT2D eigenvalue weighted by molar-refractivity contribution is -0.127. The zero-order valence-electron chi connectivity index (χ0n) is 13.7. The minimum Gasteiger partial charge on any atom is -0.352 e. The van der Waals surface area contributed by atoms with Crippen LogP contribution in [0.25, 0.3) is 0 Å². The third kappa shape index (κ3) is 4.42. The molecule has 134 valence electrons. The molecule has 0 saturated carbocycles. The first kappa shape index (κ1) is 19.1. The Bertz CT molecular complexity index is 747. The van der Waals surface area contributed by atoms with Crippen LogP contribution in [0.2, 0.25) is 5.02 Å². The third-order valence-corrected chi connectivity index (χ3v) is 4.49. The van der Waals surface area contributed by atoms with E-state index in [0.717, 1.165) is 0 Å². The Morgan fingerprint density at radius 3 is 2.40 bits per heavy atom.